The van der Waals surface area contributed by atoms with E-state index >= 15 is 0 Å². The Kier molecular flexibility index (Phi) is 12.4. The first-order valence-corrected chi connectivity index (χ1v) is 11.6. The first-order chi connectivity index (χ1) is 13.9. The van der Waals surface area contributed by atoms with Gasteiger partial charge in [-0.25, -0.2) is 0 Å². The fourth-order valence-electron chi connectivity index (χ4n) is 3.21. The Morgan fingerprint density at radius 1 is 1.17 bits per heavy atom. The SMILES string of the molecule is CN=C(NCCCc1nnc(SC)n1CC(C)C)NCCCn1nc(C)cc1C.I. The Morgan fingerprint density at radius 2 is 1.87 bits per heavy atom. The van der Waals surface area contributed by atoms with Crippen LogP contribution in [0.25, 0.3) is 0 Å². The number of nitrogens with zero attached hydrogens (tertiary/aromatic N) is 6. The van der Waals surface area contributed by atoms with Crippen molar-refractivity contribution in [1.29, 1.82) is 0 Å². The number of aliphatic imine (C=N–C) groups is 1. The molecule has 0 aliphatic heterocycles. The van der Waals surface area contributed by atoms with E-state index in [1.165, 1.54) is 5.69 Å². The van der Waals surface area contributed by atoms with Gasteiger partial charge in [0.2, 0.25) is 0 Å². The second-order valence-corrected chi connectivity index (χ2v) is 8.41. The molecule has 30 heavy (non-hydrogen) atoms. The van der Waals surface area contributed by atoms with E-state index in [0.717, 1.165) is 68.1 Å². The van der Waals surface area contributed by atoms with Crippen LogP contribution in [0, 0.1) is 19.8 Å². The molecule has 0 aromatic carbocycles. The lowest BCUT2D eigenvalue weighted by atomic mass is 10.2. The van der Waals surface area contributed by atoms with Gasteiger partial charge in [0, 0.05) is 45.3 Å². The van der Waals surface area contributed by atoms with Crippen molar-refractivity contribution >= 4 is 41.7 Å². The van der Waals surface area contributed by atoms with Gasteiger partial charge in [0.15, 0.2) is 11.1 Å². The molecule has 0 radical (unpaired) electrons. The summed E-state index contributed by atoms with van der Waals surface area (Å²) in [6, 6.07) is 2.11. The summed E-state index contributed by atoms with van der Waals surface area (Å²) in [5.41, 5.74) is 2.28. The number of hydrogen-bond acceptors (Lipinski definition) is 5. The highest BCUT2D eigenvalue weighted by molar-refractivity contribution is 14.0. The number of halogens is 1. The monoisotopic (exact) mass is 548 g/mol. The quantitative estimate of drug-likeness (QED) is 0.148. The van der Waals surface area contributed by atoms with E-state index in [9.17, 15) is 0 Å². The molecule has 0 fully saturated rings. The van der Waals surface area contributed by atoms with Gasteiger partial charge >= 0.3 is 0 Å². The van der Waals surface area contributed by atoms with Gasteiger partial charge in [-0.3, -0.25) is 9.67 Å². The first kappa shape index (κ1) is 26.7. The molecule has 0 unspecified atom stereocenters. The van der Waals surface area contributed by atoms with E-state index in [0.29, 0.717) is 5.92 Å². The Morgan fingerprint density at radius 3 is 2.43 bits per heavy atom. The van der Waals surface area contributed by atoms with E-state index in [2.05, 4.69) is 73.3 Å². The molecule has 2 aromatic rings. The predicted molar refractivity (Wildman–Crippen MR) is 136 cm³/mol. The van der Waals surface area contributed by atoms with Crippen molar-refractivity contribution in [1.82, 2.24) is 35.2 Å². The van der Waals surface area contributed by atoms with Crippen molar-refractivity contribution in [2.45, 2.75) is 65.2 Å². The maximum Gasteiger partial charge on any atom is 0.190 e. The largest absolute Gasteiger partial charge is 0.356 e. The molecule has 0 atom stereocenters. The first-order valence-electron chi connectivity index (χ1n) is 10.4. The zero-order valence-corrected chi connectivity index (χ0v) is 22.3. The molecule has 0 saturated heterocycles. The lowest BCUT2D eigenvalue weighted by molar-refractivity contribution is 0.477. The molecule has 170 valence electrons. The van der Waals surface area contributed by atoms with E-state index in [4.69, 9.17) is 0 Å². The average Bonchev–Trinajstić information content (AvgIpc) is 3.21. The molecule has 10 heteroatoms. The van der Waals surface area contributed by atoms with Crippen molar-refractivity contribution in [3.63, 3.8) is 0 Å². The van der Waals surface area contributed by atoms with Crippen LogP contribution >= 0.6 is 35.7 Å². The Labute approximate surface area is 202 Å². The second-order valence-electron chi connectivity index (χ2n) is 7.64. The van der Waals surface area contributed by atoms with Crippen LogP contribution in [0.4, 0.5) is 0 Å². The highest BCUT2D eigenvalue weighted by Gasteiger charge is 2.12. The maximum atomic E-state index is 4.50. The zero-order chi connectivity index (χ0) is 21.2. The summed E-state index contributed by atoms with van der Waals surface area (Å²) in [5.74, 6) is 2.48. The number of hydrogen-bond donors (Lipinski definition) is 2. The second kappa shape index (κ2) is 13.9. The van der Waals surface area contributed by atoms with Crippen molar-refractivity contribution in [2.24, 2.45) is 10.9 Å². The molecular weight excluding hydrogens is 511 g/mol. The molecular formula is C20H37IN8S. The molecule has 2 rings (SSSR count). The third kappa shape index (κ3) is 8.44. The van der Waals surface area contributed by atoms with Gasteiger partial charge in [-0.15, -0.1) is 34.2 Å². The zero-order valence-electron chi connectivity index (χ0n) is 19.1. The number of thioether (sulfide) groups is 1. The summed E-state index contributed by atoms with van der Waals surface area (Å²) in [7, 11) is 1.81. The van der Waals surface area contributed by atoms with Crippen molar-refractivity contribution in [2.75, 3.05) is 26.4 Å². The summed E-state index contributed by atoms with van der Waals surface area (Å²) >= 11 is 1.66. The highest BCUT2D eigenvalue weighted by Crippen LogP contribution is 2.16. The van der Waals surface area contributed by atoms with Crippen LogP contribution in [0.5, 0.6) is 0 Å². The summed E-state index contributed by atoms with van der Waals surface area (Å²) in [6.45, 7) is 12.1. The van der Waals surface area contributed by atoms with Gasteiger partial charge in [0.25, 0.3) is 0 Å². The minimum Gasteiger partial charge on any atom is -0.356 e. The van der Waals surface area contributed by atoms with Gasteiger partial charge in [-0.05, 0) is 44.9 Å². The van der Waals surface area contributed by atoms with Gasteiger partial charge in [-0.2, -0.15) is 5.10 Å². The van der Waals surface area contributed by atoms with Crippen LogP contribution in [-0.4, -0.2) is 56.9 Å². The number of rotatable bonds is 11. The fourth-order valence-corrected chi connectivity index (χ4v) is 3.74. The number of guanidine groups is 1. The molecule has 8 nitrogen and oxygen atoms in total. The summed E-state index contributed by atoms with van der Waals surface area (Å²) in [4.78, 5) is 4.31. The lowest BCUT2D eigenvalue weighted by Crippen LogP contribution is -2.38. The molecule has 2 heterocycles. The predicted octanol–water partition coefficient (Wildman–Crippen LogP) is 3.28. The standard InChI is InChI=1S/C20H36N8S.HI/c1-15(2)14-27-18(24-25-20(27)29-6)9-7-10-22-19(21-5)23-11-8-12-28-17(4)13-16(3)26-28;/h13,15H,7-12,14H2,1-6H3,(H2,21,22,23);1H. The highest BCUT2D eigenvalue weighted by atomic mass is 127. The third-order valence-corrected chi connectivity index (χ3v) is 5.23. The summed E-state index contributed by atoms with van der Waals surface area (Å²) < 4.78 is 4.31. The lowest BCUT2D eigenvalue weighted by Gasteiger charge is -2.13. The van der Waals surface area contributed by atoms with Gasteiger partial charge in [-0.1, -0.05) is 25.6 Å². The molecule has 0 saturated carbocycles. The van der Waals surface area contributed by atoms with E-state index in [-0.39, 0.29) is 24.0 Å². The third-order valence-electron chi connectivity index (χ3n) is 4.56. The summed E-state index contributed by atoms with van der Waals surface area (Å²) in [6.07, 6.45) is 4.94. The minimum absolute atomic E-state index is 0. The van der Waals surface area contributed by atoms with Crippen molar-refractivity contribution in [3.05, 3.63) is 23.3 Å². The topological polar surface area (TPSA) is 85.0 Å². The van der Waals surface area contributed by atoms with E-state index in [1.807, 2.05) is 6.92 Å². The van der Waals surface area contributed by atoms with Crippen LogP contribution < -0.4 is 10.6 Å². The van der Waals surface area contributed by atoms with Crippen molar-refractivity contribution < 1.29 is 0 Å². The van der Waals surface area contributed by atoms with Gasteiger partial charge < -0.3 is 15.2 Å². The van der Waals surface area contributed by atoms with Crippen LogP contribution in [0.2, 0.25) is 0 Å². The van der Waals surface area contributed by atoms with E-state index < -0.39 is 0 Å². The molecule has 0 bridgehead atoms. The molecule has 0 spiro atoms. The number of aromatic nitrogens is 5. The number of nitrogens with one attached hydrogen (secondary N) is 2. The van der Waals surface area contributed by atoms with Crippen molar-refractivity contribution in [3.8, 4) is 0 Å². The molecule has 0 amide bonds. The van der Waals surface area contributed by atoms with Crippen LogP contribution in [-0.2, 0) is 19.5 Å². The number of aryl methyl sites for hydroxylation is 4. The van der Waals surface area contributed by atoms with Gasteiger partial charge in [0.1, 0.15) is 5.82 Å². The van der Waals surface area contributed by atoms with Crippen LogP contribution in [0.3, 0.4) is 0 Å². The van der Waals surface area contributed by atoms with E-state index in [1.54, 1.807) is 18.8 Å². The van der Waals surface area contributed by atoms with Crippen LogP contribution in [0.1, 0.15) is 43.9 Å². The minimum atomic E-state index is 0. The Balaban J connectivity index is 0.00000450. The smallest absolute Gasteiger partial charge is 0.190 e. The Hall–Kier alpha value is -1.30. The maximum absolute atomic E-state index is 4.50. The molecule has 2 N–H and O–H groups in total. The fraction of sp³-hybridized carbons (Fsp3) is 0.700. The molecule has 0 aliphatic carbocycles. The van der Waals surface area contributed by atoms with Crippen LogP contribution in [0.15, 0.2) is 16.2 Å². The average molecular weight is 549 g/mol. The van der Waals surface area contributed by atoms with Gasteiger partial charge in [0.05, 0.1) is 5.69 Å². The summed E-state index contributed by atoms with van der Waals surface area (Å²) in [5, 5.41) is 21.0. The normalized spacial score (nSPS) is 11.6. The molecule has 0 aliphatic rings. The Bertz CT molecular complexity index is 784. The molecule has 2 aromatic heterocycles.